The number of carbonyl (C=O) groups is 1. The highest BCUT2D eigenvalue weighted by Crippen LogP contribution is 2.24. The number of benzene rings is 2. The van der Waals surface area contributed by atoms with Gasteiger partial charge in [0.2, 0.25) is 5.91 Å². The molecule has 9 heteroatoms. The fourth-order valence-electron chi connectivity index (χ4n) is 2.67. The Morgan fingerprint density at radius 3 is 2.52 bits per heavy atom. The van der Waals surface area contributed by atoms with Gasteiger partial charge in [-0.05, 0) is 42.0 Å². The van der Waals surface area contributed by atoms with Gasteiger partial charge in [-0.25, -0.2) is 22.2 Å². The molecule has 0 aliphatic heterocycles. The van der Waals surface area contributed by atoms with Crippen LogP contribution in [-0.4, -0.2) is 37.0 Å². The molecule has 1 aromatic heterocycles. The summed E-state index contributed by atoms with van der Waals surface area (Å²) in [5, 5.41) is 2.18. The lowest BCUT2D eigenvalue weighted by atomic mass is 10.2. The number of carbonyl (C=O) groups excluding carboxylic acids is 1. The molecule has 0 bridgehead atoms. The van der Waals surface area contributed by atoms with Gasteiger partial charge in [0.05, 0.1) is 11.4 Å². The molecule has 2 aromatic carbocycles. The van der Waals surface area contributed by atoms with E-state index < -0.39 is 27.3 Å². The zero-order valence-electron chi connectivity index (χ0n) is 15.5. The second-order valence-electron chi connectivity index (χ2n) is 6.56. The smallest absolute Gasteiger partial charge is 0.237 e. The van der Waals surface area contributed by atoms with Crippen LogP contribution in [0, 0.1) is 11.6 Å². The molecular weight excluding hydrogens is 418 g/mol. The average Bonchev–Trinajstić information content (AvgIpc) is 3.09. The Morgan fingerprint density at radius 2 is 1.83 bits per heavy atom. The molecule has 0 fully saturated rings. The summed E-state index contributed by atoms with van der Waals surface area (Å²) in [4.78, 5) is 17.8. The minimum atomic E-state index is -3.74. The second kappa shape index (κ2) is 8.79. The van der Waals surface area contributed by atoms with E-state index in [1.54, 1.807) is 23.6 Å². The van der Waals surface area contributed by atoms with Crippen LogP contribution in [-0.2, 0) is 26.9 Å². The molecule has 152 valence electrons. The van der Waals surface area contributed by atoms with Crippen molar-refractivity contribution in [3.63, 3.8) is 0 Å². The summed E-state index contributed by atoms with van der Waals surface area (Å²) in [5.74, 6) is -2.40. The Morgan fingerprint density at radius 1 is 1.10 bits per heavy atom. The molecule has 0 aliphatic carbocycles. The number of thiazole rings is 1. The first kappa shape index (κ1) is 21.1. The molecule has 1 amide bonds. The third-order valence-electron chi connectivity index (χ3n) is 4.09. The van der Waals surface area contributed by atoms with Crippen molar-refractivity contribution in [1.82, 2.24) is 9.88 Å². The van der Waals surface area contributed by atoms with Crippen molar-refractivity contribution in [2.24, 2.45) is 0 Å². The SMILES string of the molecule is CN(Cc1cccc(F)c1)C(=O)CS(=O)(=O)Cc1csc(-c2ccc(F)cc2)n1. The molecule has 0 atom stereocenters. The van der Waals surface area contributed by atoms with Gasteiger partial charge in [-0.15, -0.1) is 11.3 Å². The lowest BCUT2D eigenvalue weighted by molar-refractivity contribution is -0.127. The number of amides is 1. The highest BCUT2D eigenvalue weighted by Gasteiger charge is 2.22. The number of aromatic nitrogens is 1. The van der Waals surface area contributed by atoms with Gasteiger partial charge in [-0.2, -0.15) is 0 Å². The van der Waals surface area contributed by atoms with Crippen LogP contribution >= 0.6 is 11.3 Å². The van der Waals surface area contributed by atoms with Crippen LogP contribution in [0.4, 0.5) is 8.78 Å². The van der Waals surface area contributed by atoms with Crippen molar-refractivity contribution < 1.29 is 22.0 Å². The van der Waals surface area contributed by atoms with Gasteiger partial charge >= 0.3 is 0 Å². The maximum Gasteiger partial charge on any atom is 0.237 e. The minimum Gasteiger partial charge on any atom is -0.341 e. The van der Waals surface area contributed by atoms with Crippen molar-refractivity contribution in [3.8, 4) is 10.6 Å². The number of hydrogen-bond acceptors (Lipinski definition) is 5. The lowest BCUT2D eigenvalue weighted by Gasteiger charge is -2.17. The molecule has 29 heavy (non-hydrogen) atoms. The second-order valence-corrected chi connectivity index (χ2v) is 9.49. The summed E-state index contributed by atoms with van der Waals surface area (Å²) in [6.07, 6.45) is 0. The van der Waals surface area contributed by atoms with Crippen LogP contribution in [0.1, 0.15) is 11.3 Å². The minimum absolute atomic E-state index is 0.109. The molecule has 0 saturated heterocycles. The van der Waals surface area contributed by atoms with Crippen molar-refractivity contribution in [2.75, 3.05) is 12.8 Å². The highest BCUT2D eigenvalue weighted by atomic mass is 32.2. The normalized spacial score (nSPS) is 11.4. The highest BCUT2D eigenvalue weighted by molar-refractivity contribution is 7.91. The van der Waals surface area contributed by atoms with Gasteiger partial charge in [0.25, 0.3) is 0 Å². The molecule has 0 aliphatic rings. The quantitative estimate of drug-likeness (QED) is 0.567. The Labute approximate surface area is 171 Å². The van der Waals surface area contributed by atoms with Gasteiger partial charge < -0.3 is 4.90 Å². The first-order valence-corrected chi connectivity index (χ1v) is 11.3. The summed E-state index contributed by atoms with van der Waals surface area (Å²) in [6, 6.07) is 11.5. The van der Waals surface area contributed by atoms with E-state index in [4.69, 9.17) is 0 Å². The van der Waals surface area contributed by atoms with Crippen LogP contribution < -0.4 is 0 Å². The van der Waals surface area contributed by atoms with E-state index in [0.29, 0.717) is 21.8 Å². The van der Waals surface area contributed by atoms with Crippen LogP contribution in [0.5, 0.6) is 0 Å². The molecule has 0 spiro atoms. The molecule has 3 aromatic rings. The fraction of sp³-hybridized carbons (Fsp3) is 0.200. The van der Waals surface area contributed by atoms with Gasteiger partial charge in [-0.1, -0.05) is 12.1 Å². The largest absolute Gasteiger partial charge is 0.341 e. The fourth-order valence-corrected chi connectivity index (χ4v) is 4.90. The van der Waals surface area contributed by atoms with Crippen LogP contribution in [0.3, 0.4) is 0 Å². The van der Waals surface area contributed by atoms with E-state index in [-0.39, 0.29) is 18.1 Å². The number of nitrogens with zero attached hydrogens (tertiary/aromatic N) is 2. The van der Waals surface area contributed by atoms with Crippen molar-refractivity contribution in [2.45, 2.75) is 12.3 Å². The summed E-state index contributed by atoms with van der Waals surface area (Å²) in [7, 11) is -2.27. The molecule has 0 N–H and O–H groups in total. The van der Waals surface area contributed by atoms with Crippen LogP contribution in [0.2, 0.25) is 0 Å². The zero-order chi connectivity index (χ0) is 21.0. The topological polar surface area (TPSA) is 67.3 Å². The zero-order valence-corrected chi connectivity index (χ0v) is 17.1. The summed E-state index contributed by atoms with van der Waals surface area (Å²) in [6.45, 7) is 0.109. The Kier molecular flexibility index (Phi) is 6.39. The maximum absolute atomic E-state index is 13.3. The first-order valence-electron chi connectivity index (χ1n) is 8.61. The summed E-state index contributed by atoms with van der Waals surface area (Å²) < 4.78 is 51.1. The molecular formula is C20H18F2N2O3S2. The molecule has 3 rings (SSSR count). The Bertz CT molecular complexity index is 1110. The van der Waals surface area contributed by atoms with E-state index in [9.17, 15) is 22.0 Å². The standard InChI is InChI=1S/C20H18F2N2O3S2/c1-24(10-14-3-2-4-17(22)9-14)19(25)13-29(26,27)12-18-11-28-20(23-18)15-5-7-16(21)8-6-15/h2-9,11H,10,12-13H2,1H3. The molecule has 0 saturated carbocycles. The predicted octanol–water partition coefficient (Wildman–Crippen LogP) is 3.66. The van der Waals surface area contributed by atoms with E-state index in [1.165, 1.54) is 53.6 Å². The predicted molar refractivity (Wildman–Crippen MR) is 108 cm³/mol. The van der Waals surface area contributed by atoms with Crippen LogP contribution in [0.15, 0.2) is 53.9 Å². The van der Waals surface area contributed by atoms with Crippen molar-refractivity contribution in [3.05, 3.63) is 76.8 Å². The molecule has 5 nitrogen and oxygen atoms in total. The first-order chi connectivity index (χ1) is 13.7. The van der Waals surface area contributed by atoms with E-state index in [1.807, 2.05) is 0 Å². The number of halogens is 2. The maximum atomic E-state index is 13.3. The number of rotatable bonds is 7. The summed E-state index contributed by atoms with van der Waals surface area (Å²) >= 11 is 1.25. The van der Waals surface area contributed by atoms with Crippen molar-refractivity contribution in [1.29, 1.82) is 0 Å². The Balaban J connectivity index is 1.62. The van der Waals surface area contributed by atoms with E-state index >= 15 is 0 Å². The average molecular weight is 437 g/mol. The van der Waals surface area contributed by atoms with E-state index in [2.05, 4.69) is 4.98 Å². The van der Waals surface area contributed by atoms with Gasteiger partial charge in [0.1, 0.15) is 22.4 Å². The molecule has 0 unspecified atom stereocenters. The number of sulfone groups is 1. The monoisotopic (exact) mass is 436 g/mol. The number of hydrogen-bond donors (Lipinski definition) is 0. The van der Waals surface area contributed by atoms with Crippen molar-refractivity contribution >= 4 is 27.1 Å². The van der Waals surface area contributed by atoms with Crippen LogP contribution in [0.25, 0.3) is 10.6 Å². The van der Waals surface area contributed by atoms with E-state index in [0.717, 1.165) is 0 Å². The van der Waals surface area contributed by atoms with Gasteiger partial charge in [-0.3, -0.25) is 4.79 Å². The third kappa shape index (κ3) is 5.91. The third-order valence-corrected chi connectivity index (χ3v) is 6.45. The van der Waals surface area contributed by atoms with Gasteiger partial charge in [0.15, 0.2) is 9.84 Å². The Hall–Kier alpha value is -2.65. The lowest BCUT2D eigenvalue weighted by Crippen LogP contribution is -2.32. The molecule has 1 heterocycles. The summed E-state index contributed by atoms with van der Waals surface area (Å²) in [5.41, 5.74) is 1.59. The van der Waals surface area contributed by atoms with Gasteiger partial charge in [0, 0.05) is 24.5 Å². The molecule has 0 radical (unpaired) electrons.